The quantitative estimate of drug-likeness (QED) is 0.676. The molecule has 3 aromatic rings. The Hall–Kier alpha value is -2.99. The molecule has 1 aliphatic heterocycles. The highest BCUT2D eigenvalue weighted by molar-refractivity contribution is 5.59. The summed E-state index contributed by atoms with van der Waals surface area (Å²) in [5.41, 5.74) is 3.82. The fraction of sp³-hybridized carbons (Fsp3) is 0.348. The first-order chi connectivity index (χ1) is 14.2. The lowest BCUT2D eigenvalue weighted by Crippen LogP contribution is -2.52. The topological polar surface area (TPSA) is 60.2 Å². The van der Waals surface area contributed by atoms with E-state index in [2.05, 4.69) is 34.1 Å². The third kappa shape index (κ3) is 3.13. The van der Waals surface area contributed by atoms with E-state index in [9.17, 15) is 4.79 Å². The summed E-state index contributed by atoms with van der Waals surface area (Å²) < 4.78 is 8.04. The second kappa shape index (κ2) is 7.12. The van der Waals surface area contributed by atoms with Crippen molar-refractivity contribution in [3.05, 3.63) is 76.3 Å². The molecule has 0 amide bonds. The molecule has 6 nitrogen and oxygen atoms in total. The first-order valence-electron chi connectivity index (χ1n) is 10.1. The van der Waals surface area contributed by atoms with E-state index in [1.807, 2.05) is 12.1 Å². The van der Waals surface area contributed by atoms with Crippen molar-refractivity contribution in [1.82, 2.24) is 14.5 Å². The highest BCUT2D eigenvalue weighted by Gasteiger charge is 2.42. The number of pyridine rings is 1. The maximum Gasteiger partial charge on any atom is 0.255 e. The average Bonchev–Trinajstić information content (AvgIpc) is 2.77. The molecule has 0 radical (unpaired) electrons. The molecular weight excluding hydrogens is 364 g/mol. The fourth-order valence-electron chi connectivity index (χ4n) is 4.63. The van der Waals surface area contributed by atoms with Gasteiger partial charge in [0, 0.05) is 37.6 Å². The number of aryl methyl sites for hydroxylation is 1. The zero-order valence-corrected chi connectivity index (χ0v) is 16.5. The molecule has 6 heteroatoms. The van der Waals surface area contributed by atoms with Gasteiger partial charge < -0.3 is 9.64 Å². The van der Waals surface area contributed by atoms with E-state index in [0.717, 1.165) is 24.8 Å². The van der Waals surface area contributed by atoms with Crippen LogP contribution in [0.3, 0.4) is 0 Å². The van der Waals surface area contributed by atoms with Gasteiger partial charge in [0.1, 0.15) is 5.60 Å². The molecule has 1 fully saturated rings. The Balaban J connectivity index is 1.56. The standard InChI is InChI=1S/C23H24N4O2/c1-26-21(28)15-20(18-8-11-24-12-9-18)25-22(26)27-13-14-29-23(16-27)10-4-6-17-5-2-3-7-19(17)23/h2-3,5,7-9,11-12,15H,4,6,10,13-14,16H2,1H3. The number of nitrogens with zero attached hydrogens (tertiary/aromatic N) is 4. The molecule has 0 N–H and O–H groups in total. The highest BCUT2D eigenvalue weighted by atomic mass is 16.5. The Morgan fingerprint density at radius 3 is 2.83 bits per heavy atom. The van der Waals surface area contributed by atoms with Crippen molar-refractivity contribution in [2.75, 3.05) is 24.6 Å². The molecule has 2 aliphatic rings. The predicted molar refractivity (Wildman–Crippen MR) is 112 cm³/mol. The van der Waals surface area contributed by atoms with Gasteiger partial charge in [0.25, 0.3) is 5.56 Å². The summed E-state index contributed by atoms with van der Waals surface area (Å²) in [6.45, 7) is 2.03. The summed E-state index contributed by atoms with van der Waals surface area (Å²) in [4.78, 5) is 23.8. The molecular formula is C23H24N4O2. The number of hydrogen-bond donors (Lipinski definition) is 0. The number of aromatic nitrogens is 3. The monoisotopic (exact) mass is 388 g/mol. The molecule has 29 heavy (non-hydrogen) atoms. The second-order valence-corrected chi connectivity index (χ2v) is 7.85. The van der Waals surface area contributed by atoms with Crippen LogP contribution in [0.1, 0.15) is 24.0 Å². The summed E-state index contributed by atoms with van der Waals surface area (Å²) in [6.07, 6.45) is 6.62. The number of fused-ring (bicyclic) bond motifs is 2. The van der Waals surface area contributed by atoms with Gasteiger partial charge in [-0.15, -0.1) is 0 Å². The zero-order chi connectivity index (χ0) is 19.8. The molecule has 1 spiro atoms. The summed E-state index contributed by atoms with van der Waals surface area (Å²) in [5.74, 6) is 0.690. The highest BCUT2D eigenvalue weighted by Crippen LogP contribution is 2.41. The Kier molecular flexibility index (Phi) is 4.43. The van der Waals surface area contributed by atoms with Crippen LogP contribution in [0.5, 0.6) is 0 Å². The number of benzene rings is 1. The number of ether oxygens (including phenoxy) is 1. The van der Waals surface area contributed by atoms with Crippen molar-refractivity contribution in [1.29, 1.82) is 0 Å². The van der Waals surface area contributed by atoms with Crippen LogP contribution in [0.15, 0.2) is 59.7 Å². The maximum atomic E-state index is 12.7. The lowest BCUT2D eigenvalue weighted by atomic mass is 9.78. The molecule has 2 aromatic heterocycles. The molecule has 1 aromatic carbocycles. The first-order valence-corrected chi connectivity index (χ1v) is 10.1. The summed E-state index contributed by atoms with van der Waals surface area (Å²) >= 11 is 0. The molecule has 1 saturated heterocycles. The summed E-state index contributed by atoms with van der Waals surface area (Å²) in [6, 6.07) is 13.9. The minimum Gasteiger partial charge on any atom is -0.367 e. The molecule has 1 unspecified atom stereocenters. The maximum absolute atomic E-state index is 12.7. The van der Waals surface area contributed by atoms with E-state index in [1.54, 1.807) is 30.1 Å². The van der Waals surface area contributed by atoms with Crippen LogP contribution in [-0.2, 0) is 23.8 Å². The van der Waals surface area contributed by atoms with E-state index in [1.165, 1.54) is 11.1 Å². The molecule has 1 atom stereocenters. The van der Waals surface area contributed by atoms with Crippen LogP contribution in [0.2, 0.25) is 0 Å². The summed E-state index contributed by atoms with van der Waals surface area (Å²) in [5, 5.41) is 0. The van der Waals surface area contributed by atoms with E-state index >= 15 is 0 Å². The summed E-state index contributed by atoms with van der Waals surface area (Å²) in [7, 11) is 1.79. The largest absolute Gasteiger partial charge is 0.367 e. The van der Waals surface area contributed by atoms with Crippen LogP contribution < -0.4 is 10.5 Å². The molecule has 148 valence electrons. The van der Waals surface area contributed by atoms with Crippen molar-refractivity contribution in [3.63, 3.8) is 0 Å². The van der Waals surface area contributed by atoms with Crippen LogP contribution in [0.4, 0.5) is 5.95 Å². The number of anilines is 1. The fourth-order valence-corrected chi connectivity index (χ4v) is 4.63. The van der Waals surface area contributed by atoms with Crippen molar-refractivity contribution < 1.29 is 4.74 Å². The van der Waals surface area contributed by atoms with Gasteiger partial charge in [-0.2, -0.15) is 0 Å². The predicted octanol–water partition coefficient (Wildman–Crippen LogP) is 2.91. The van der Waals surface area contributed by atoms with Gasteiger partial charge in [-0.05, 0) is 42.5 Å². The van der Waals surface area contributed by atoms with Gasteiger partial charge in [-0.3, -0.25) is 14.3 Å². The van der Waals surface area contributed by atoms with E-state index in [0.29, 0.717) is 31.3 Å². The molecule has 5 rings (SSSR count). The third-order valence-electron chi connectivity index (χ3n) is 6.09. The minimum atomic E-state index is -0.336. The van der Waals surface area contributed by atoms with Gasteiger partial charge in [0.05, 0.1) is 18.8 Å². The Labute approximate surface area is 169 Å². The van der Waals surface area contributed by atoms with Crippen LogP contribution in [0.25, 0.3) is 11.3 Å². The second-order valence-electron chi connectivity index (χ2n) is 7.85. The molecule has 1 aliphatic carbocycles. The van der Waals surface area contributed by atoms with Crippen LogP contribution in [-0.4, -0.2) is 34.2 Å². The third-order valence-corrected chi connectivity index (χ3v) is 6.09. The first kappa shape index (κ1) is 18.1. The zero-order valence-electron chi connectivity index (χ0n) is 16.5. The van der Waals surface area contributed by atoms with Gasteiger partial charge in [0.15, 0.2) is 0 Å². The van der Waals surface area contributed by atoms with Gasteiger partial charge in [0.2, 0.25) is 5.95 Å². The van der Waals surface area contributed by atoms with E-state index < -0.39 is 0 Å². The number of rotatable bonds is 2. The van der Waals surface area contributed by atoms with E-state index in [-0.39, 0.29) is 11.2 Å². The van der Waals surface area contributed by atoms with Crippen molar-refractivity contribution in [2.45, 2.75) is 24.9 Å². The Morgan fingerprint density at radius 2 is 1.97 bits per heavy atom. The van der Waals surface area contributed by atoms with Crippen LogP contribution in [0, 0.1) is 0 Å². The SMILES string of the molecule is Cn1c(N2CCOC3(CCCc4ccccc43)C2)nc(-c2ccncc2)cc1=O. The Bertz CT molecular complexity index is 1100. The Morgan fingerprint density at radius 1 is 1.14 bits per heavy atom. The lowest BCUT2D eigenvalue weighted by Gasteiger charge is -2.46. The minimum absolute atomic E-state index is 0.0635. The smallest absolute Gasteiger partial charge is 0.255 e. The number of morpholine rings is 1. The number of hydrogen-bond acceptors (Lipinski definition) is 5. The van der Waals surface area contributed by atoms with Crippen molar-refractivity contribution >= 4 is 5.95 Å². The normalized spacial score (nSPS) is 21.2. The molecule has 0 bridgehead atoms. The van der Waals surface area contributed by atoms with E-state index in [4.69, 9.17) is 9.72 Å². The molecule has 3 heterocycles. The van der Waals surface area contributed by atoms with Crippen LogP contribution >= 0.6 is 0 Å². The van der Waals surface area contributed by atoms with Gasteiger partial charge in [-0.25, -0.2) is 4.98 Å². The van der Waals surface area contributed by atoms with Gasteiger partial charge in [-0.1, -0.05) is 24.3 Å². The lowest BCUT2D eigenvalue weighted by molar-refractivity contribution is -0.0726. The van der Waals surface area contributed by atoms with Crippen molar-refractivity contribution in [2.24, 2.45) is 7.05 Å². The van der Waals surface area contributed by atoms with Gasteiger partial charge >= 0.3 is 0 Å². The molecule has 0 saturated carbocycles. The van der Waals surface area contributed by atoms with Crippen molar-refractivity contribution in [3.8, 4) is 11.3 Å². The average molecular weight is 388 g/mol.